The molecule has 0 amide bonds. The Morgan fingerprint density at radius 3 is 2.90 bits per heavy atom. The van der Waals surface area contributed by atoms with Crippen LogP contribution in [0.4, 0.5) is 5.69 Å². The van der Waals surface area contributed by atoms with E-state index in [1.165, 1.54) is 12.1 Å². The fraction of sp³-hybridized carbons (Fsp3) is 0.533. The van der Waals surface area contributed by atoms with Crippen LogP contribution < -0.4 is 10.1 Å². The molecule has 0 bridgehead atoms. The van der Waals surface area contributed by atoms with Crippen molar-refractivity contribution in [3.05, 3.63) is 34.4 Å². The topological polar surface area (TPSA) is 88.2 Å². The first-order valence-electron chi connectivity index (χ1n) is 7.02. The number of non-ortho nitro benzene ring substituents is 1. The van der Waals surface area contributed by atoms with E-state index in [2.05, 4.69) is 11.4 Å². The molecule has 1 aromatic carbocycles. The van der Waals surface area contributed by atoms with Crippen molar-refractivity contribution < 1.29 is 9.66 Å². The monoisotopic (exact) mass is 289 g/mol. The molecular weight excluding hydrogens is 270 g/mol. The van der Waals surface area contributed by atoms with Gasteiger partial charge in [0, 0.05) is 18.5 Å². The summed E-state index contributed by atoms with van der Waals surface area (Å²) in [6.07, 6.45) is 2.51. The normalized spacial score (nSPS) is 18.3. The van der Waals surface area contributed by atoms with Crippen LogP contribution in [-0.2, 0) is 0 Å². The van der Waals surface area contributed by atoms with Gasteiger partial charge in [0.25, 0.3) is 5.69 Å². The number of benzene rings is 1. The summed E-state index contributed by atoms with van der Waals surface area (Å²) in [5.41, 5.74) is -0.639. The average molecular weight is 289 g/mol. The zero-order chi connectivity index (χ0) is 15.5. The molecule has 1 aliphatic rings. The lowest BCUT2D eigenvalue weighted by molar-refractivity contribution is -0.384. The first-order chi connectivity index (χ1) is 9.92. The Morgan fingerprint density at radius 1 is 1.62 bits per heavy atom. The van der Waals surface area contributed by atoms with Crippen LogP contribution in [0.15, 0.2) is 24.3 Å². The summed E-state index contributed by atoms with van der Waals surface area (Å²) in [5.74, 6) is 0.448. The molecule has 6 heteroatoms. The molecule has 2 unspecified atom stereocenters. The lowest BCUT2D eigenvalue weighted by Gasteiger charge is -2.27. The number of hydrogen-bond acceptors (Lipinski definition) is 5. The van der Waals surface area contributed by atoms with Gasteiger partial charge in [0.15, 0.2) is 0 Å². The highest BCUT2D eigenvalue weighted by molar-refractivity contribution is 5.38. The van der Waals surface area contributed by atoms with Gasteiger partial charge >= 0.3 is 0 Å². The van der Waals surface area contributed by atoms with Crippen molar-refractivity contribution in [3.8, 4) is 11.8 Å². The zero-order valence-electron chi connectivity index (χ0n) is 12.2. The van der Waals surface area contributed by atoms with Crippen LogP contribution in [0.3, 0.4) is 0 Å². The second-order valence-electron chi connectivity index (χ2n) is 5.75. The fourth-order valence-electron chi connectivity index (χ4n) is 2.33. The van der Waals surface area contributed by atoms with Gasteiger partial charge in [-0.05, 0) is 32.8 Å². The van der Waals surface area contributed by atoms with Crippen LogP contribution in [-0.4, -0.2) is 22.6 Å². The summed E-state index contributed by atoms with van der Waals surface area (Å²) >= 11 is 0. The second-order valence-corrected chi connectivity index (χ2v) is 5.75. The Morgan fingerprint density at radius 2 is 2.33 bits per heavy atom. The molecule has 0 spiro atoms. The molecule has 2 atom stereocenters. The fourth-order valence-corrected chi connectivity index (χ4v) is 2.33. The van der Waals surface area contributed by atoms with E-state index in [1.807, 2.05) is 13.8 Å². The molecule has 0 saturated heterocycles. The van der Waals surface area contributed by atoms with Crippen molar-refractivity contribution in [2.45, 2.75) is 50.8 Å². The average Bonchev–Trinajstić information content (AvgIpc) is 3.22. The Balaban J connectivity index is 1.97. The Kier molecular flexibility index (Phi) is 4.43. The molecule has 1 aromatic rings. The number of nitrogens with zero attached hydrogens (tertiary/aromatic N) is 2. The van der Waals surface area contributed by atoms with Gasteiger partial charge in [0.05, 0.1) is 23.2 Å². The summed E-state index contributed by atoms with van der Waals surface area (Å²) in [6.45, 7) is 3.72. The molecule has 21 heavy (non-hydrogen) atoms. The van der Waals surface area contributed by atoms with Gasteiger partial charge in [-0.2, -0.15) is 5.26 Å². The molecular formula is C15H19N3O3. The lowest BCUT2D eigenvalue weighted by atomic mass is 9.96. The van der Waals surface area contributed by atoms with Gasteiger partial charge < -0.3 is 4.74 Å². The molecule has 112 valence electrons. The van der Waals surface area contributed by atoms with Gasteiger partial charge in [0.2, 0.25) is 0 Å². The van der Waals surface area contributed by atoms with Crippen molar-refractivity contribution in [3.63, 3.8) is 0 Å². The third-order valence-electron chi connectivity index (χ3n) is 3.41. The van der Waals surface area contributed by atoms with E-state index in [0.717, 1.165) is 12.8 Å². The van der Waals surface area contributed by atoms with Crippen molar-refractivity contribution in [2.24, 2.45) is 0 Å². The number of rotatable bonds is 7. The molecule has 0 heterocycles. The molecule has 0 aliphatic heterocycles. The van der Waals surface area contributed by atoms with E-state index in [4.69, 9.17) is 4.74 Å². The molecule has 0 radical (unpaired) electrons. The maximum Gasteiger partial charge on any atom is 0.273 e. The highest BCUT2D eigenvalue weighted by Crippen LogP contribution is 2.26. The molecule has 1 aliphatic carbocycles. The minimum absolute atomic E-state index is 0.00106. The van der Waals surface area contributed by atoms with E-state index in [1.54, 1.807) is 12.1 Å². The van der Waals surface area contributed by atoms with E-state index < -0.39 is 10.5 Å². The standard InChI is InChI=1S/C15H19N3O3/c1-11(9-15(2,10-16)17-12-6-7-12)21-14-5-3-4-13(8-14)18(19)20/h3-5,8,11-12,17H,6-7,9H2,1-2H3. The van der Waals surface area contributed by atoms with Crippen LogP contribution >= 0.6 is 0 Å². The largest absolute Gasteiger partial charge is 0.490 e. The minimum atomic E-state index is -0.638. The van der Waals surface area contributed by atoms with Crippen LogP contribution in [0, 0.1) is 21.4 Å². The number of nitro groups is 1. The van der Waals surface area contributed by atoms with Crippen LogP contribution in [0.1, 0.15) is 33.1 Å². The third-order valence-corrected chi connectivity index (χ3v) is 3.41. The molecule has 6 nitrogen and oxygen atoms in total. The molecule has 1 saturated carbocycles. The Hall–Kier alpha value is -2.13. The Labute approximate surface area is 123 Å². The summed E-state index contributed by atoms with van der Waals surface area (Å²) < 4.78 is 5.71. The van der Waals surface area contributed by atoms with Crippen molar-refractivity contribution in [2.75, 3.05) is 0 Å². The molecule has 1 fully saturated rings. The van der Waals surface area contributed by atoms with Crippen LogP contribution in [0.25, 0.3) is 0 Å². The van der Waals surface area contributed by atoms with Crippen LogP contribution in [0.5, 0.6) is 5.75 Å². The Bertz CT molecular complexity index is 566. The maximum atomic E-state index is 10.7. The maximum absolute atomic E-state index is 10.7. The first kappa shape index (κ1) is 15.3. The first-order valence-corrected chi connectivity index (χ1v) is 7.02. The number of nitriles is 1. The van der Waals surface area contributed by atoms with Crippen molar-refractivity contribution in [1.29, 1.82) is 5.26 Å². The summed E-state index contributed by atoms with van der Waals surface area (Å²) in [6, 6.07) is 8.82. The van der Waals surface area contributed by atoms with E-state index in [9.17, 15) is 15.4 Å². The van der Waals surface area contributed by atoms with Gasteiger partial charge in [-0.25, -0.2) is 0 Å². The van der Waals surface area contributed by atoms with Gasteiger partial charge in [-0.1, -0.05) is 6.07 Å². The van der Waals surface area contributed by atoms with Crippen LogP contribution in [0.2, 0.25) is 0 Å². The number of nitrogens with one attached hydrogen (secondary N) is 1. The highest BCUT2D eigenvalue weighted by Gasteiger charge is 2.34. The molecule has 1 N–H and O–H groups in total. The van der Waals surface area contributed by atoms with Gasteiger partial charge in [-0.15, -0.1) is 0 Å². The van der Waals surface area contributed by atoms with Gasteiger partial charge in [-0.3, -0.25) is 15.4 Å². The van der Waals surface area contributed by atoms with Gasteiger partial charge in [0.1, 0.15) is 11.3 Å². The quantitative estimate of drug-likeness (QED) is 0.616. The van der Waals surface area contributed by atoms with E-state index in [-0.39, 0.29) is 11.8 Å². The number of hydrogen-bond donors (Lipinski definition) is 1. The van der Waals surface area contributed by atoms with E-state index in [0.29, 0.717) is 18.2 Å². The zero-order valence-corrected chi connectivity index (χ0v) is 12.2. The summed E-state index contributed by atoms with van der Waals surface area (Å²) in [4.78, 5) is 10.3. The van der Waals surface area contributed by atoms with Crippen molar-refractivity contribution >= 4 is 5.69 Å². The predicted molar refractivity (Wildman–Crippen MR) is 78.0 cm³/mol. The summed E-state index contributed by atoms with van der Waals surface area (Å²) in [7, 11) is 0. The molecule has 0 aromatic heterocycles. The van der Waals surface area contributed by atoms with Crippen molar-refractivity contribution in [1.82, 2.24) is 5.32 Å². The highest BCUT2D eigenvalue weighted by atomic mass is 16.6. The molecule has 2 rings (SSSR count). The second kappa shape index (κ2) is 6.10. The smallest absolute Gasteiger partial charge is 0.273 e. The lowest BCUT2D eigenvalue weighted by Crippen LogP contribution is -2.45. The minimum Gasteiger partial charge on any atom is -0.490 e. The SMILES string of the molecule is CC(CC(C)(C#N)NC1CC1)Oc1cccc([N+](=O)[O-])c1. The summed E-state index contributed by atoms with van der Waals surface area (Å²) in [5, 5.41) is 23.4. The number of ether oxygens (including phenoxy) is 1. The predicted octanol–water partition coefficient (Wildman–Crippen LogP) is 2.79. The van der Waals surface area contributed by atoms with E-state index >= 15 is 0 Å². The number of nitro benzene ring substituents is 1. The third kappa shape index (κ3) is 4.43.